The van der Waals surface area contributed by atoms with Crippen molar-refractivity contribution in [3.05, 3.63) is 53.8 Å². The normalized spacial score (nSPS) is 11.4. The highest BCUT2D eigenvalue weighted by Gasteiger charge is 2.16. The molecule has 21 heavy (non-hydrogen) atoms. The minimum Gasteiger partial charge on any atom is -0.342 e. The number of para-hydroxylation sites is 1. The van der Waals surface area contributed by atoms with Crippen LogP contribution < -0.4 is 15.8 Å². The summed E-state index contributed by atoms with van der Waals surface area (Å²) >= 11 is 0. The van der Waals surface area contributed by atoms with E-state index in [1.54, 1.807) is 11.9 Å². The van der Waals surface area contributed by atoms with Crippen molar-refractivity contribution in [2.24, 2.45) is 10.9 Å². The molecule has 7 heteroatoms. The first-order chi connectivity index (χ1) is 9.84. The highest BCUT2D eigenvalue weighted by Crippen LogP contribution is 2.29. The fraction of sp³-hybridized carbons (Fsp3) is 0.143. The fourth-order valence-corrected chi connectivity index (χ4v) is 2.60. The lowest BCUT2D eigenvalue weighted by Crippen LogP contribution is -2.16. The maximum Gasteiger partial charge on any atom is 0.238 e. The molecule has 4 N–H and O–H groups in total. The molecule has 0 spiro atoms. The summed E-state index contributed by atoms with van der Waals surface area (Å²) in [6.45, 7) is 0.317. The molecule has 0 radical (unpaired) electrons. The molecule has 0 aliphatic rings. The zero-order chi connectivity index (χ0) is 15.6. The molecule has 2 aromatic rings. The molecule has 0 saturated carbocycles. The molecule has 0 aliphatic carbocycles. The maximum atomic E-state index is 14.2. The molecule has 0 aromatic heterocycles. The Morgan fingerprint density at radius 1 is 1.14 bits per heavy atom. The molecule has 0 atom stereocenters. The number of nitrogens with two attached hydrogens (primary N) is 2. The van der Waals surface area contributed by atoms with E-state index in [4.69, 9.17) is 10.9 Å². The van der Waals surface area contributed by atoms with Gasteiger partial charge in [-0.3, -0.25) is 0 Å². The lowest BCUT2D eigenvalue weighted by molar-refractivity contribution is 0.592. The van der Waals surface area contributed by atoms with Gasteiger partial charge in [-0.25, -0.2) is 17.9 Å². The SMILES string of the molecule is CN(c1ccc(S(N)(=O)=O)cc1F)c1ccccc1CN. The molecule has 0 aliphatic heterocycles. The van der Waals surface area contributed by atoms with Gasteiger partial charge < -0.3 is 10.6 Å². The third-order valence-electron chi connectivity index (χ3n) is 3.18. The van der Waals surface area contributed by atoms with Crippen molar-refractivity contribution in [3.63, 3.8) is 0 Å². The van der Waals surface area contributed by atoms with Crippen molar-refractivity contribution in [3.8, 4) is 0 Å². The predicted octanol–water partition coefficient (Wildman–Crippen LogP) is 1.70. The summed E-state index contributed by atoms with van der Waals surface area (Å²) < 4.78 is 36.6. The lowest BCUT2D eigenvalue weighted by atomic mass is 10.1. The third-order valence-corrected chi connectivity index (χ3v) is 4.09. The molecule has 0 unspecified atom stereocenters. The van der Waals surface area contributed by atoms with Gasteiger partial charge in [0.25, 0.3) is 0 Å². The Kier molecular flexibility index (Phi) is 4.26. The van der Waals surface area contributed by atoms with Crippen LogP contribution in [0.5, 0.6) is 0 Å². The fourth-order valence-electron chi connectivity index (χ4n) is 2.08. The minimum atomic E-state index is -3.92. The number of hydrogen-bond acceptors (Lipinski definition) is 4. The van der Waals surface area contributed by atoms with Gasteiger partial charge in [0.05, 0.1) is 10.6 Å². The molecule has 0 amide bonds. The second-order valence-electron chi connectivity index (χ2n) is 4.55. The molecule has 0 bridgehead atoms. The van der Waals surface area contributed by atoms with Gasteiger partial charge in [-0.15, -0.1) is 0 Å². The molecule has 2 rings (SSSR count). The Labute approximate surface area is 123 Å². The topological polar surface area (TPSA) is 89.4 Å². The summed E-state index contributed by atoms with van der Waals surface area (Å²) in [5.74, 6) is -0.671. The molecular weight excluding hydrogens is 293 g/mol. The van der Waals surface area contributed by atoms with Crippen LogP contribution in [0.3, 0.4) is 0 Å². The van der Waals surface area contributed by atoms with Crippen LogP contribution in [-0.4, -0.2) is 15.5 Å². The first-order valence-corrected chi connectivity index (χ1v) is 7.73. The minimum absolute atomic E-state index is 0.239. The second kappa shape index (κ2) is 5.80. The van der Waals surface area contributed by atoms with Crippen LogP contribution in [0, 0.1) is 5.82 Å². The average Bonchev–Trinajstić information content (AvgIpc) is 2.45. The van der Waals surface area contributed by atoms with E-state index in [1.807, 2.05) is 24.3 Å². The number of hydrogen-bond donors (Lipinski definition) is 2. The van der Waals surface area contributed by atoms with E-state index in [0.717, 1.165) is 17.3 Å². The first kappa shape index (κ1) is 15.4. The van der Waals surface area contributed by atoms with Crippen LogP contribution in [0.15, 0.2) is 47.4 Å². The van der Waals surface area contributed by atoms with E-state index in [2.05, 4.69) is 0 Å². The molecule has 0 saturated heterocycles. The summed E-state index contributed by atoms with van der Waals surface area (Å²) in [4.78, 5) is 1.36. The van der Waals surface area contributed by atoms with Gasteiger partial charge >= 0.3 is 0 Å². The van der Waals surface area contributed by atoms with E-state index in [1.165, 1.54) is 12.1 Å². The Hall–Kier alpha value is -1.96. The van der Waals surface area contributed by atoms with Crippen LogP contribution in [0.4, 0.5) is 15.8 Å². The molecule has 0 heterocycles. The van der Waals surface area contributed by atoms with Crippen LogP contribution in [0.2, 0.25) is 0 Å². The van der Waals surface area contributed by atoms with Crippen LogP contribution in [0.25, 0.3) is 0 Å². The van der Waals surface area contributed by atoms with Crippen molar-refractivity contribution in [1.82, 2.24) is 0 Å². The molecule has 5 nitrogen and oxygen atoms in total. The summed E-state index contributed by atoms with van der Waals surface area (Å²) in [7, 11) is -2.24. The van der Waals surface area contributed by atoms with Crippen LogP contribution in [0.1, 0.15) is 5.56 Å². The monoisotopic (exact) mass is 309 g/mol. The van der Waals surface area contributed by atoms with E-state index in [0.29, 0.717) is 6.54 Å². The molecule has 2 aromatic carbocycles. The molecule has 0 fully saturated rings. The Bertz CT molecular complexity index is 763. The first-order valence-electron chi connectivity index (χ1n) is 6.18. The lowest BCUT2D eigenvalue weighted by Gasteiger charge is -2.23. The van der Waals surface area contributed by atoms with Crippen molar-refractivity contribution in [2.45, 2.75) is 11.4 Å². The number of benzene rings is 2. The molecular formula is C14H16FN3O2S. The van der Waals surface area contributed by atoms with E-state index < -0.39 is 15.8 Å². The zero-order valence-electron chi connectivity index (χ0n) is 11.5. The zero-order valence-corrected chi connectivity index (χ0v) is 12.3. The largest absolute Gasteiger partial charge is 0.342 e. The molecule has 112 valence electrons. The van der Waals surface area contributed by atoms with Gasteiger partial charge in [-0.2, -0.15) is 0 Å². The summed E-state index contributed by atoms with van der Waals surface area (Å²) in [5, 5.41) is 4.98. The standard InChI is InChI=1S/C14H16FN3O2S/c1-18(13-5-3-2-4-10(13)9-16)14-7-6-11(8-12(14)15)21(17,19)20/h2-8H,9,16H2,1H3,(H2,17,19,20). The van der Waals surface area contributed by atoms with Crippen molar-refractivity contribution in [1.29, 1.82) is 0 Å². The van der Waals surface area contributed by atoms with Crippen LogP contribution >= 0.6 is 0 Å². The van der Waals surface area contributed by atoms with Crippen molar-refractivity contribution < 1.29 is 12.8 Å². The smallest absolute Gasteiger partial charge is 0.238 e. The number of primary sulfonamides is 1. The number of anilines is 2. The quantitative estimate of drug-likeness (QED) is 0.899. The van der Waals surface area contributed by atoms with Gasteiger partial charge in [0.15, 0.2) is 0 Å². The summed E-state index contributed by atoms with van der Waals surface area (Å²) in [6, 6.07) is 10.9. The second-order valence-corrected chi connectivity index (χ2v) is 6.11. The Morgan fingerprint density at radius 3 is 2.38 bits per heavy atom. The van der Waals surface area contributed by atoms with Crippen molar-refractivity contribution >= 4 is 21.4 Å². The number of halogens is 1. The van der Waals surface area contributed by atoms with Gasteiger partial charge in [0.2, 0.25) is 10.0 Å². The highest BCUT2D eigenvalue weighted by molar-refractivity contribution is 7.89. The highest BCUT2D eigenvalue weighted by atomic mass is 32.2. The van der Waals surface area contributed by atoms with E-state index in [9.17, 15) is 12.8 Å². The predicted molar refractivity (Wildman–Crippen MR) is 80.2 cm³/mol. The average molecular weight is 309 g/mol. The van der Waals surface area contributed by atoms with Crippen LogP contribution in [-0.2, 0) is 16.6 Å². The Balaban J connectivity index is 2.47. The van der Waals surface area contributed by atoms with E-state index in [-0.39, 0.29) is 10.6 Å². The number of nitrogens with zero attached hydrogens (tertiary/aromatic N) is 1. The number of rotatable bonds is 4. The third kappa shape index (κ3) is 3.21. The van der Waals surface area contributed by atoms with Gasteiger partial charge in [-0.1, -0.05) is 18.2 Å². The Morgan fingerprint density at radius 2 is 1.81 bits per heavy atom. The summed E-state index contributed by atoms with van der Waals surface area (Å²) in [5.41, 5.74) is 7.52. The van der Waals surface area contributed by atoms with Gasteiger partial charge in [0.1, 0.15) is 5.82 Å². The maximum absolute atomic E-state index is 14.2. The summed E-state index contributed by atoms with van der Waals surface area (Å²) in [6.07, 6.45) is 0. The number of sulfonamides is 1. The van der Waals surface area contributed by atoms with Crippen molar-refractivity contribution in [2.75, 3.05) is 11.9 Å². The van der Waals surface area contributed by atoms with Gasteiger partial charge in [0, 0.05) is 19.3 Å². The van der Waals surface area contributed by atoms with Gasteiger partial charge in [-0.05, 0) is 29.8 Å². The van der Waals surface area contributed by atoms with E-state index >= 15 is 0 Å².